The van der Waals surface area contributed by atoms with Crippen LogP contribution in [0.15, 0.2) is 34.1 Å². The summed E-state index contributed by atoms with van der Waals surface area (Å²) in [6.07, 6.45) is 0. The number of rotatable bonds is 3. The molecule has 0 aliphatic carbocycles. The summed E-state index contributed by atoms with van der Waals surface area (Å²) in [6.45, 7) is 2.52. The molecule has 0 heterocycles. The second-order valence-corrected chi connectivity index (χ2v) is 7.71. The van der Waals surface area contributed by atoms with Gasteiger partial charge < -0.3 is 19.3 Å². The molecule has 0 spiro atoms. The molecule has 130 valence electrons. The van der Waals surface area contributed by atoms with Crippen LogP contribution in [0.1, 0.15) is 11.1 Å². The Morgan fingerprint density at radius 3 is 1.19 bits per heavy atom. The van der Waals surface area contributed by atoms with Crippen LogP contribution in [0.25, 0.3) is 11.1 Å². The van der Waals surface area contributed by atoms with Gasteiger partial charge in [-0.25, -0.2) is 16.8 Å². The van der Waals surface area contributed by atoms with Crippen molar-refractivity contribution >= 4 is 20.2 Å². The summed E-state index contributed by atoms with van der Waals surface area (Å²) in [5, 5.41) is 19.3. The zero-order chi connectivity index (χ0) is 18.4. The van der Waals surface area contributed by atoms with Crippen molar-refractivity contribution in [2.24, 2.45) is 0 Å². The van der Waals surface area contributed by atoms with E-state index in [1.54, 1.807) is 0 Å². The van der Waals surface area contributed by atoms with Crippen LogP contribution in [-0.2, 0) is 20.2 Å². The van der Waals surface area contributed by atoms with Gasteiger partial charge in [0.2, 0.25) is 0 Å². The molecule has 0 unspecified atom stereocenters. The summed E-state index contributed by atoms with van der Waals surface area (Å²) in [4.78, 5) is -1.67. The number of phenolic OH excluding ortho intramolecular Hbond substituents is 2. The van der Waals surface area contributed by atoms with Gasteiger partial charge in [0.25, 0.3) is 0 Å². The van der Waals surface area contributed by atoms with E-state index >= 15 is 0 Å². The molecule has 0 aliphatic heterocycles. The quantitative estimate of drug-likeness (QED) is 0.372. The monoisotopic (exact) mass is 418 g/mol. The zero-order valence-electron chi connectivity index (χ0n) is 14.5. The van der Waals surface area contributed by atoms with Crippen LogP contribution < -0.4 is 59.1 Å². The molecule has 0 amide bonds. The van der Waals surface area contributed by atoms with Gasteiger partial charge in [-0.1, -0.05) is 12.1 Å². The number of benzene rings is 2. The van der Waals surface area contributed by atoms with Crippen LogP contribution in [0, 0.1) is 13.8 Å². The van der Waals surface area contributed by atoms with Gasteiger partial charge in [0.1, 0.15) is 31.7 Å². The second kappa shape index (κ2) is 8.91. The third-order valence-electron chi connectivity index (χ3n) is 3.56. The Labute approximate surface area is 195 Å². The van der Waals surface area contributed by atoms with E-state index in [0.29, 0.717) is 0 Å². The first-order chi connectivity index (χ1) is 10.9. The third-order valence-corrected chi connectivity index (χ3v) is 5.59. The molecule has 2 N–H and O–H groups in total. The summed E-state index contributed by atoms with van der Waals surface area (Å²) < 4.78 is 67.9. The van der Waals surface area contributed by atoms with Gasteiger partial charge in [-0.3, -0.25) is 0 Å². The van der Waals surface area contributed by atoms with E-state index in [1.165, 1.54) is 26.0 Å². The van der Waals surface area contributed by atoms with Crippen molar-refractivity contribution < 1.29 is 95.3 Å². The van der Waals surface area contributed by atoms with Crippen molar-refractivity contribution in [3.63, 3.8) is 0 Å². The number of hydrogen-bond acceptors (Lipinski definition) is 8. The normalized spacial score (nSPS) is 11.4. The van der Waals surface area contributed by atoms with E-state index in [2.05, 4.69) is 0 Å². The first-order valence-electron chi connectivity index (χ1n) is 6.43. The maximum atomic E-state index is 11.3. The van der Waals surface area contributed by atoms with Crippen molar-refractivity contribution in [1.82, 2.24) is 0 Å². The van der Waals surface area contributed by atoms with Crippen molar-refractivity contribution in [2.45, 2.75) is 23.6 Å². The van der Waals surface area contributed by atoms with Crippen molar-refractivity contribution in [3.05, 3.63) is 35.4 Å². The Bertz CT molecular complexity index is 962. The molecular weight excluding hydrogens is 406 g/mol. The summed E-state index contributed by atoms with van der Waals surface area (Å²) in [6, 6.07) is 4.51. The molecule has 12 heteroatoms. The Kier molecular flexibility index (Phi) is 8.86. The topological polar surface area (TPSA) is 155 Å². The van der Waals surface area contributed by atoms with Gasteiger partial charge in [0.05, 0.1) is 9.79 Å². The maximum absolute atomic E-state index is 11.3. The van der Waals surface area contributed by atoms with Crippen LogP contribution in [-0.4, -0.2) is 36.2 Å². The van der Waals surface area contributed by atoms with Crippen molar-refractivity contribution in [1.29, 1.82) is 0 Å². The zero-order valence-corrected chi connectivity index (χ0v) is 20.1. The van der Waals surface area contributed by atoms with E-state index in [-0.39, 0.29) is 81.4 Å². The molecule has 0 atom stereocenters. The molecular formula is C14H12Na2O8S2. The molecule has 2 aromatic carbocycles. The summed E-state index contributed by atoms with van der Waals surface area (Å²) in [5.41, 5.74) is 0.0512. The average Bonchev–Trinajstić information content (AvgIpc) is 2.37. The molecule has 0 bridgehead atoms. The van der Waals surface area contributed by atoms with Crippen LogP contribution in [0.2, 0.25) is 0 Å². The first kappa shape index (κ1) is 25.9. The second-order valence-electron chi connectivity index (χ2n) is 5.08. The standard InChI is InChI=1S/C14H14O8S2.2Na/c1-7-9(3-5-11(15)13(7)23(17,18)19)10-4-6-12(16)14(8(10)2)24(20,21)22;;/h3-6,15-16H,1-2H3,(H,17,18,19)(H,20,21,22);;/q;2*+1/p-2. The molecule has 2 aromatic rings. The fourth-order valence-corrected chi connectivity index (χ4v) is 4.19. The van der Waals surface area contributed by atoms with Gasteiger partial charge in [-0.2, -0.15) is 0 Å². The third kappa shape index (κ3) is 5.02. The molecule has 0 saturated carbocycles. The molecule has 0 aliphatic rings. The minimum absolute atomic E-state index is 0. The molecule has 8 nitrogen and oxygen atoms in total. The van der Waals surface area contributed by atoms with Crippen LogP contribution in [0.3, 0.4) is 0 Å². The van der Waals surface area contributed by atoms with E-state index in [9.17, 15) is 36.2 Å². The number of hydrogen-bond donors (Lipinski definition) is 2. The largest absolute Gasteiger partial charge is 1.00 e. The number of phenols is 2. The SMILES string of the molecule is Cc1c(-c2ccc(O)c(S(=O)(=O)[O-])c2C)ccc(O)c1S(=O)(=O)[O-].[Na+].[Na+]. The minimum atomic E-state index is -4.98. The Balaban J connectivity index is 0.00000312. The number of aromatic hydroxyl groups is 2. The molecule has 0 saturated heterocycles. The first-order valence-corrected chi connectivity index (χ1v) is 9.24. The molecule has 2 rings (SSSR count). The van der Waals surface area contributed by atoms with E-state index in [1.807, 2.05) is 0 Å². The summed E-state index contributed by atoms with van der Waals surface area (Å²) in [7, 11) is -9.97. The van der Waals surface area contributed by atoms with Gasteiger partial charge in [0, 0.05) is 0 Å². The predicted molar refractivity (Wildman–Crippen MR) is 80.6 cm³/mol. The van der Waals surface area contributed by atoms with Crippen LogP contribution in [0.4, 0.5) is 0 Å². The fourth-order valence-electron chi connectivity index (χ4n) is 2.57. The average molecular weight is 418 g/mol. The van der Waals surface area contributed by atoms with Gasteiger partial charge in [-0.15, -0.1) is 0 Å². The fraction of sp³-hybridized carbons (Fsp3) is 0.143. The van der Waals surface area contributed by atoms with Gasteiger partial charge in [-0.05, 0) is 48.2 Å². The molecule has 0 fully saturated rings. The van der Waals surface area contributed by atoms with E-state index in [0.717, 1.165) is 12.1 Å². The predicted octanol–water partition coefficient (Wildman–Crippen LogP) is -4.80. The van der Waals surface area contributed by atoms with Crippen molar-refractivity contribution in [2.75, 3.05) is 0 Å². The van der Waals surface area contributed by atoms with Crippen LogP contribution in [0.5, 0.6) is 11.5 Å². The maximum Gasteiger partial charge on any atom is 1.00 e. The van der Waals surface area contributed by atoms with E-state index in [4.69, 9.17) is 0 Å². The molecule has 0 radical (unpaired) electrons. The summed E-state index contributed by atoms with van der Waals surface area (Å²) in [5.74, 6) is -1.47. The van der Waals surface area contributed by atoms with Gasteiger partial charge >= 0.3 is 59.1 Å². The van der Waals surface area contributed by atoms with Crippen LogP contribution >= 0.6 is 0 Å². The molecule has 0 aromatic heterocycles. The van der Waals surface area contributed by atoms with Crippen molar-refractivity contribution in [3.8, 4) is 22.6 Å². The smallest absolute Gasteiger partial charge is 0.744 e. The Morgan fingerprint density at radius 1 is 0.692 bits per heavy atom. The molecule has 26 heavy (non-hydrogen) atoms. The minimum Gasteiger partial charge on any atom is -0.744 e. The Hall–Kier alpha value is -0.140. The van der Waals surface area contributed by atoms with Gasteiger partial charge in [0.15, 0.2) is 0 Å². The summed E-state index contributed by atoms with van der Waals surface area (Å²) >= 11 is 0. The Morgan fingerprint density at radius 2 is 0.962 bits per heavy atom. The van der Waals surface area contributed by atoms with E-state index < -0.39 is 41.5 Å².